The maximum atomic E-state index is 14.5. The highest BCUT2D eigenvalue weighted by Gasteiger charge is 2.36. The van der Waals surface area contributed by atoms with Gasteiger partial charge in [-0.1, -0.05) is 77.6 Å². The van der Waals surface area contributed by atoms with Crippen LogP contribution in [0.1, 0.15) is 141 Å². The summed E-state index contributed by atoms with van der Waals surface area (Å²) < 4.78 is 0. The van der Waals surface area contributed by atoms with Crippen LogP contribution >= 0.6 is 0 Å². The number of benzene rings is 2. The number of nitrogen functional groups attached to an aromatic ring is 1. The Bertz CT molecular complexity index is 2670. The minimum Gasteiger partial charge on any atom is -0.481 e. The number of nitrogens with one attached hydrogen (secondary N) is 9. The molecule has 0 heterocycles. The van der Waals surface area contributed by atoms with Crippen LogP contribution in [0.3, 0.4) is 0 Å². The molecule has 20 N–H and O–H groups in total. The summed E-state index contributed by atoms with van der Waals surface area (Å²) in [6.07, 6.45) is 2.00. The Hall–Kier alpha value is -8.96. The number of nitrogens with zero attached hydrogens (tertiary/aromatic N) is 2. The topological polar surface area (TPSA) is 502 Å². The Morgan fingerprint density at radius 3 is 1.51 bits per heavy atom. The molecule has 2 aromatic carbocycles. The van der Waals surface area contributed by atoms with Gasteiger partial charge in [-0.2, -0.15) is 0 Å². The van der Waals surface area contributed by atoms with Crippen molar-refractivity contribution in [1.29, 1.82) is 0 Å². The molecule has 0 radical (unpaired) electrons. The molecule has 0 fully saturated rings. The van der Waals surface area contributed by atoms with Gasteiger partial charge in [-0.15, -0.1) is 0 Å². The maximum absolute atomic E-state index is 14.5. The second-order valence-electron chi connectivity index (χ2n) is 21.1. The lowest BCUT2D eigenvalue weighted by Gasteiger charge is -2.29. The molecule has 0 aliphatic carbocycles. The predicted octanol–water partition coefficient (Wildman–Crippen LogP) is -0.995. The lowest BCUT2D eigenvalue weighted by molar-refractivity contribution is -0.384. The summed E-state index contributed by atoms with van der Waals surface area (Å²) in [7, 11) is 0. The number of carbonyl (C=O) groups is 11. The zero-order chi connectivity index (χ0) is 64.6. The number of carboxylic acids is 1. The molecule has 0 unspecified atom stereocenters. The number of non-ortho nitro benzene ring substituents is 1. The lowest BCUT2D eigenvalue weighted by atomic mass is 10.00. The summed E-state index contributed by atoms with van der Waals surface area (Å²) in [5.41, 5.74) is 28.5. The zero-order valence-corrected chi connectivity index (χ0v) is 49.7. The van der Waals surface area contributed by atoms with Gasteiger partial charge in [-0.3, -0.25) is 67.8 Å². The molecule has 0 aromatic heterocycles. The number of hydrogen-bond donors (Lipinski definition) is 15. The van der Waals surface area contributed by atoms with Crippen molar-refractivity contribution in [2.45, 2.75) is 186 Å². The molecule has 10 amide bonds. The first kappa shape index (κ1) is 73.1. The van der Waals surface area contributed by atoms with Crippen LogP contribution in [-0.4, -0.2) is 148 Å². The monoisotopic (exact) mass is 1210 g/mol. The van der Waals surface area contributed by atoms with E-state index in [1.807, 2.05) is 13.8 Å². The van der Waals surface area contributed by atoms with E-state index in [0.29, 0.717) is 45.1 Å². The van der Waals surface area contributed by atoms with Crippen LogP contribution in [0.4, 0.5) is 11.4 Å². The number of carboxylic acid groups (broad SMARTS) is 1. The van der Waals surface area contributed by atoms with Crippen molar-refractivity contribution in [2.75, 3.05) is 18.8 Å². The third-order valence-corrected chi connectivity index (χ3v) is 13.6. The van der Waals surface area contributed by atoms with E-state index in [2.05, 4.69) is 52.8 Å². The van der Waals surface area contributed by atoms with E-state index in [9.17, 15) is 68.0 Å². The fraction of sp³-hybridized carbons (Fsp3) is 0.571. The van der Waals surface area contributed by atoms with Crippen molar-refractivity contribution in [3.63, 3.8) is 0 Å². The number of nitro groups is 1. The standard InChI is InChI=1S/C56H88N16O14/c1-7-9-18-38(46(59)75)65-47(76)32(5)64-51(80)42(26-27-44(73)74)68-54(83)43(30-34-22-24-35(25-23-34)72(85)86)70-52(81)39(19-10-8-2)69-55(84)45(31(3)4)71-53(82)41(21-15-29-62-56(60)61)66-48(77)33(6)63-50(79)40(20-13-14-28-57)67-49(78)36-16-11-12-17-37(36)58/h11-12,16-17,22-25,31-33,38-43,45H,7-10,13-15,18-21,26-30,57-58H2,1-6H3,(H2,59,75)(H,63,79)(H,64,80)(H,65,76)(H,66,77)(H,67,78)(H,68,83)(H,69,84)(H,70,81)(H,71,82)(H,73,74)(H4,60,61,62)/t32-,33-,38-,39-,40-,41-,42-,43-,45-/m0/s1. The number of guanidine groups is 1. The van der Waals surface area contributed by atoms with Gasteiger partial charge in [-0.25, -0.2) is 0 Å². The van der Waals surface area contributed by atoms with E-state index in [1.165, 1.54) is 38.1 Å². The molecular weight excluding hydrogens is 1120 g/mol. The Labute approximate surface area is 499 Å². The molecule has 0 aliphatic heterocycles. The van der Waals surface area contributed by atoms with Crippen LogP contribution in [0, 0.1) is 16.0 Å². The summed E-state index contributed by atoms with van der Waals surface area (Å²) in [6.45, 7) is 9.88. The second kappa shape index (κ2) is 38.1. The lowest BCUT2D eigenvalue weighted by Crippen LogP contribution is -2.61. The minimum absolute atomic E-state index is 0.0116. The number of nitrogens with two attached hydrogens (primary N) is 5. The molecule has 476 valence electrons. The van der Waals surface area contributed by atoms with Crippen molar-refractivity contribution >= 4 is 82.4 Å². The molecule has 0 spiro atoms. The van der Waals surface area contributed by atoms with Crippen molar-refractivity contribution in [1.82, 2.24) is 47.9 Å². The quantitative estimate of drug-likeness (QED) is 0.00951. The van der Waals surface area contributed by atoms with Gasteiger partial charge < -0.3 is 81.6 Å². The second-order valence-corrected chi connectivity index (χ2v) is 21.1. The van der Waals surface area contributed by atoms with Crippen molar-refractivity contribution in [3.05, 3.63) is 69.8 Å². The van der Waals surface area contributed by atoms with Gasteiger partial charge in [0.1, 0.15) is 54.4 Å². The van der Waals surface area contributed by atoms with Crippen molar-refractivity contribution in [2.24, 2.45) is 33.8 Å². The van der Waals surface area contributed by atoms with Crippen molar-refractivity contribution in [3.8, 4) is 0 Å². The Balaban J connectivity index is 2.47. The molecule has 0 saturated carbocycles. The van der Waals surface area contributed by atoms with Gasteiger partial charge in [0.05, 0.1) is 10.5 Å². The summed E-state index contributed by atoms with van der Waals surface area (Å²) in [4.78, 5) is 164. The number of aliphatic imine (C=N–C) groups is 1. The fourth-order valence-corrected chi connectivity index (χ4v) is 8.53. The molecule has 0 bridgehead atoms. The number of primary amides is 1. The van der Waals surface area contributed by atoms with Crippen molar-refractivity contribution < 1.29 is 62.8 Å². The van der Waals surface area contributed by atoms with Crippen LogP contribution in [0.25, 0.3) is 0 Å². The summed E-state index contributed by atoms with van der Waals surface area (Å²) in [5, 5.41) is 44.2. The summed E-state index contributed by atoms with van der Waals surface area (Å²) in [5.74, 6) is -10.7. The smallest absolute Gasteiger partial charge is 0.303 e. The third-order valence-electron chi connectivity index (χ3n) is 13.6. The highest BCUT2D eigenvalue weighted by atomic mass is 16.6. The van der Waals surface area contributed by atoms with E-state index in [4.69, 9.17) is 28.7 Å². The average molecular weight is 1210 g/mol. The largest absolute Gasteiger partial charge is 0.481 e. The van der Waals surface area contributed by atoms with E-state index < -0.39 is 143 Å². The van der Waals surface area contributed by atoms with Gasteiger partial charge in [0.15, 0.2) is 5.96 Å². The number of aliphatic carboxylic acids is 1. The molecule has 30 heteroatoms. The van der Waals surface area contributed by atoms with Crippen LogP contribution in [0.5, 0.6) is 0 Å². The minimum atomic E-state index is -1.63. The Kier molecular flexibility index (Phi) is 32.4. The number of amides is 10. The van der Waals surface area contributed by atoms with E-state index >= 15 is 0 Å². The molecule has 30 nitrogen and oxygen atoms in total. The first-order valence-electron chi connectivity index (χ1n) is 28.7. The number of rotatable bonds is 40. The molecule has 2 aromatic rings. The number of anilines is 1. The zero-order valence-electron chi connectivity index (χ0n) is 49.7. The maximum Gasteiger partial charge on any atom is 0.303 e. The van der Waals surface area contributed by atoms with Gasteiger partial charge in [0, 0.05) is 37.2 Å². The van der Waals surface area contributed by atoms with E-state index in [0.717, 1.165) is 12.1 Å². The molecule has 0 saturated heterocycles. The summed E-state index contributed by atoms with van der Waals surface area (Å²) in [6, 6.07) is -0.923. The first-order valence-corrected chi connectivity index (χ1v) is 28.7. The highest BCUT2D eigenvalue weighted by molar-refractivity contribution is 6.02. The molecular formula is C56H88N16O14. The Morgan fingerprint density at radius 1 is 0.547 bits per heavy atom. The van der Waals surface area contributed by atoms with E-state index in [1.54, 1.807) is 26.0 Å². The molecule has 86 heavy (non-hydrogen) atoms. The molecule has 9 atom stereocenters. The normalized spacial score (nSPS) is 14.1. The van der Waals surface area contributed by atoms with Gasteiger partial charge in [0.25, 0.3) is 11.6 Å². The Morgan fingerprint density at radius 2 is 1.00 bits per heavy atom. The van der Waals surface area contributed by atoms with Crippen LogP contribution in [0.2, 0.25) is 0 Å². The fourth-order valence-electron chi connectivity index (χ4n) is 8.53. The molecule has 2 rings (SSSR count). The first-order chi connectivity index (χ1) is 40.6. The number of nitro benzene ring substituents is 1. The average Bonchev–Trinajstić information content (AvgIpc) is 3.45. The van der Waals surface area contributed by atoms with Gasteiger partial charge in [0.2, 0.25) is 53.2 Å². The van der Waals surface area contributed by atoms with Crippen LogP contribution in [-0.2, 0) is 54.4 Å². The number of para-hydroxylation sites is 1. The highest BCUT2D eigenvalue weighted by Crippen LogP contribution is 2.16. The van der Waals surface area contributed by atoms with E-state index in [-0.39, 0.29) is 73.5 Å². The summed E-state index contributed by atoms with van der Waals surface area (Å²) >= 11 is 0. The number of unbranched alkanes of at least 4 members (excludes halogenated alkanes) is 3. The molecule has 0 aliphatic rings. The number of carbonyl (C=O) groups excluding carboxylic acids is 10. The van der Waals surface area contributed by atoms with Gasteiger partial charge in [-0.05, 0) is 95.4 Å². The van der Waals surface area contributed by atoms with Crippen LogP contribution < -0.4 is 76.5 Å². The third kappa shape index (κ3) is 26.3. The van der Waals surface area contributed by atoms with Crippen LogP contribution in [0.15, 0.2) is 53.5 Å². The predicted molar refractivity (Wildman–Crippen MR) is 318 cm³/mol. The SMILES string of the molecule is CCCC[C@H](NC(=O)[C@H](C)NC(=O)[C@H](CCC(=O)O)NC(=O)[C@H](Cc1ccc([N+](=O)[O-])cc1)NC(=O)[C@H](CCCC)NC(=O)[C@@H](NC(=O)[C@H](CCCN=C(N)N)NC(=O)[C@H](C)NC(=O)[C@H](CCCCN)NC(=O)c1ccccc1N)C(C)C)C(N)=O. The number of hydrogen-bond acceptors (Lipinski definition) is 16. The van der Waals surface area contributed by atoms with Gasteiger partial charge >= 0.3 is 5.97 Å².